The third-order valence-corrected chi connectivity index (χ3v) is 6.93. The first kappa shape index (κ1) is 26.3. The number of piperazine rings is 1. The number of amides is 2. The van der Waals surface area contributed by atoms with Gasteiger partial charge in [-0.1, -0.05) is 12.1 Å². The van der Waals surface area contributed by atoms with E-state index in [9.17, 15) is 18.8 Å². The van der Waals surface area contributed by atoms with Gasteiger partial charge in [-0.2, -0.15) is 5.10 Å². The number of hydrogen-bond acceptors (Lipinski definition) is 6. The molecular formula is C27H33FN6O3. The van der Waals surface area contributed by atoms with Crippen LogP contribution in [-0.4, -0.2) is 59.2 Å². The predicted molar refractivity (Wildman–Crippen MR) is 141 cm³/mol. The van der Waals surface area contributed by atoms with Gasteiger partial charge in [0.1, 0.15) is 12.5 Å². The molecule has 0 atom stereocenters. The van der Waals surface area contributed by atoms with Crippen LogP contribution in [0, 0.1) is 19.7 Å². The lowest BCUT2D eigenvalue weighted by Crippen LogP contribution is -2.47. The molecular weight excluding hydrogens is 475 g/mol. The van der Waals surface area contributed by atoms with Gasteiger partial charge in [-0.05, 0) is 62.2 Å². The van der Waals surface area contributed by atoms with Crippen molar-refractivity contribution in [1.82, 2.24) is 20.0 Å². The molecule has 10 heteroatoms. The van der Waals surface area contributed by atoms with Gasteiger partial charge in [0.05, 0.1) is 17.5 Å². The largest absolute Gasteiger partial charge is 0.369 e. The lowest BCUT2D eigenvalue weighted by molar-refractivity contribution is -0.122. The molecule has 9 nitrogen and oxygen atoms in total. The molecule has 1 aromatic heterocycles. The van der Waals surface area contributed by atoms with Gasteiger partial charge in [-0.25, -0.2) is 9.07 Å². The van der Waals surface area contributed by atoms with E-state index < -0.39 is 17.3 Å². The fourth-order valence-corrected chi connectivity index (χ4v) is 4.74. The molecule has 3 N–H and O–H groups in total. The van der Waals surface area contributed by atoms with E-state index in [1.165, 1.54) is 28.9 Å². The van der Waals surface area contributed by atoms with Gasteiger partial charge in [0, 0.05) is 43.7 Å². The Kier molecular flexibility index (Phi) is 8.17. The second kappa shape index (κ2) is 11.5. The monoisotopic (exact) mass is 508 g/mol. The van der Waals surface area contributed by atoms with Crippen molar-refractivity contribution in [1.29, 1.82) is 0 Å². The summed E-state index contributed by atoms with van der Waals surface area (Å²) >= 11 is 0. The Morgan fingerprint density at radius 2 is 1.84 bits per heavy atom. The fraction of sp³-hybridized carbons (Fsp3) is 0.407. The SMILES string of the molecule is Cc1cccc(N2CCN(CCCC(=O)NCn3nc(CC(N)=O)c4ccc(F)cc4c3=O)CC2)c1C. The highest BCUT2D eigenvalue weighted by molar-refractivity contribution is 5.88. The Morgan fingerprint density at radius 3 is 2.57 bits per heavy atom. The standard InChI is InChI=1S/C27H33FN6O3/c1-18-5-3-6-24(19(18)2)33-13-11-32(12-14-33)10-4-7-26(36)30-17-34-27(37)22-15-20(28)8-9-21(22)23(31-34)16-25(29)35/h3,5-6,8-9,15H,4,7,10-14,16-17H2,1-2H3,(H2,29,35)(H,30,36). The van der Waals surface area contributed by atoms with Crippen LogP contribution in [0.1, 0.15) is 29.7 Å². The average Bonchev–Trinajstić information content (AvgIpc) is 2.87. The first-order valence-corrected chi connectivity index (χ1v) is 12.5. The van der Waals surface area contributed by atoms with Gasteiger partial charge in [-0.15, -0.1) is 0 Å². The van der Waals surface area contributed by atoms with E-state index in [4.69, 9.17) is 5.73 Å². The zero-order chi connectivity index (χ0) is 26.5. The Morgan fingerprint density at radius 1 is 1.08 bits per heavy atom. The summed E-state index contributed by atoms with van der Waals surface area (Å²) in [5.41, 5.74) is 8.92. The van der Waals surface area contributed by atoms with E-state index in [1.807, 2.05) is 0 Å². The van der Waals surface area contributed by atoms with Crippen LogP contribution in [-0.2, 0) is 22.7 Å². The number of carbonyl (C=O) groups is 2. The summed E-state index contributed by atoms with van der Waals surface area (Å²) in [4.78, 5) is 41.4. The number of aryl methyl sites for hydroxylation is 1. The van der Waals surface area contributed by atoms with Crippen molar-refractivity contribution in [3.05, 3.63) is 69.4 Å². The molecule has 1 fully saturated rings. The Labute approximate surface area is 215 Å². The van der Waals surface area contributed by atoms with Gasteiger partial charge >= 0.3 is 0 Å². The van der Waals surface area contributed by atoms with E-state index in [0.717, 1.165) is 43.5 Å². The van der Waals surface area contributed by atoms with Crippen LogP contribution in [0.4, 0.5) is 10.1 Å². The van der Waals surface area contributed by atoms with Crippen molar-refractivity contribution in [2.75, 3.05) is 37.6 Å². The van der Waals surface area contributed by atoms with Gasteiger partial charge < -0.3 is 16.0 Å². The number of hydrogen-bond donors (Lipinski definition) is 2. The number of rotatable bonds is 9. The van der Waals surface area contributed by atoms with Crippen molar-refractivity contribution in [2.24, 2.45) is 5.73 Å². The maximum Gasteiger partial charge on any atom is 0.276 e. The zero-order valence-electron chi connectivity index (χ0n) is 21.3. The summed E-state index contributed by atoms with van der Waals surface area (Å²) in [6.07, 6.45) is 0.795. The number of nitrogens with one attached hydrogen (secondary N) is 1. The highest BCUT2D eigenvalue weighted by atomic mass is 19.1. The summed E-state index contributed by atoms with van der Waals surface area (Å²) in [6, 6.07) is 10.1. The number of fused-ring (bicyclic) bond motifs is 1. The summed E-state index contributed by atoms with van der Waals surface area (Å²) < 4.78 is 14.8. The third kappa shape index (κ3) is 6.32. The lowest BCUT2D eigenvalue weighted by atomic mass is 10.1. The minimum absolute atomic E-state index is 0.0838. The normalized spacial score (nSPS) is 14.2. The lowest BCUT2D eigenvalue weighted by Gasteiger charge is -2.37. The van der Waals surface area contributed by atoms with Crippen LogP contribution in [0.5, 0.6) is 0 Å². The predicted octanol–water partition coefficient (Wildman–Crippen LogP) is 1.86. The van der Waals surface area contributed by atoms with Gasteiger partial charge in [-0.3, -0.25) is 19.3 Å². The summed E-state index contributed by atoms with van der Waals surface area (Å²) in [5.74, 6) is -1.41. The number of benzene rings is 2. The number of halogens is 1. The Hall–Kier alpha value is -3.79. The quantitative estimate of drug-likeness (QED) is 0.456. The highest BCUT2D eigenvalue weighted by Gasteiger charge is 2.19. The molecule has 1 saturated heterocycles. The molecule has 0 radical (unpaired) electrons. The molecule has 0 unspecified atom stereocenters. The van der Waals surface area contributed by atoms with Crippen LogP contribution in [0.15, 0.2) is 41.2 Å². The number of anilines is 1. The fourth-order valence-electron chi connectivity index (χ4n) is 4.74. The molecule has 1 aliphatic heterocycles. The molecule has 2 heterocycles. The second-order valence-electron chi connectivity index (χ2n) is 9.49. The summed E-state index contributed by atoms with van der Waals surface area (Å²) in [6.45, 7) is 8.69. The van der Waals surface area contributed by atoms with Crippen molar-refractivity contribution in [2.45, 2.75) is 39.8 Å². The van der Waals surface area contributed by atoms with Gasteiger partial charge in [0.2, 0.25) is 11.8 Å². The second-order valence-corrected chi connectivity index (χ2v) is 9.49. The molecule has 0 aliphatic carbocycles. The van der Waals surface area contributed by atoms with Crippen LogP contribution in [0.2, 0.25) is 0 Å². The molecule has 196 valence electrons. The third-order valence-electron chi connectivity index (χ3n) is 6.93. The Bertz CT molecular complexity index is 1360. The van der Waals surface area contributed by atoms with E-state index in [0.29, 0.717) is 18.2 Å². The van der Waals surface area contributed by atoms with Crippen LogP contribution in [0.25, 0.3) is 10.8 Å². The number of primary amides is 1. The van der Waals surface area contributed by atoms with Crippen LogP contribution in [0.3, 0.4) is 0 Å². The zero-order valence-corrected chi connectivity index (χ0v) is 21.3. The van der Waals surface area contributed by atoms with E-state index >= 15 is 0 Å². The molecule has 37 heavy (non-hydrogen) atoms. The molecule has 4 rings (SSSR count). The molecule has 1 aliphatic rings. The number of carbonyl (C=O) groups excluding carboxylic acids is 2. The average molecular weight is 509 g/mol. The Balaban J connectivity index is 1.28. The van der Waals surface area contributed by atoms with Crippen LogP contribution >= 0.6 is 0 Å². The molecule has 0 saturated carbocycles. The van der Waals surface area contributed by atoms with E-state index in [2.05, 4.69) is 52.3 Å². The first-order valence-electron chi connectivity index (χ1n) is 12.5. The first-order chi connectivity index (χ1) is 17.7. The summed E-state index contributed by atoms with van der Waals surface area (Å²) in [7, 11) is 0. The number of nitrogens with two attached hydrogens (primary N) is 1. The van der Waals surface area contributed by atoms with Crippen molar-refractivity contribution in [3.63, 3.8) is 0 Å². The highest BCUT2D eigenvalue weighted by Crippen LogP contribution is 2.24. The molecule has 0 spiro atoms. The van der Waals surface area contributed by atoms with E-state index in [1.54, 1.807) is 0 Å². The maximum atomic E-state index is 13.8. The maximum absolute atomic E-state index is 13.8. The van der Waals surface area contributed by atoms with Crippen molar-refractivity contribution in [3.8, 4) is 0 Å². The minimum atomic E-state index is -0.623. The molecule has 3 aromatic rings. The molecule has 2 aromatic carbocycles. The topological polar surface area (TPSA) is 114 Å². The van der Waals surface area contributed by atoms with Crippen LogP contribution < -0.4 is 21.5 Å². The number of nitrogens with zero attached hydrogens (tertiary/aromatic N) is 4. The van der Waals surface area contributed by atoms with E-state index in [-0.39, 0.29) is 30.1 Å². The molecule has 2 amide bonds. The smallest absolute Gasteiger partial charge is 0.276 e. The molecule has 0 bridgehead atoms. The van der Waals surface area contributed by atoms with Crippen molar-refractivity contribution >= 4 is 28.3 Å². The van der Waals surface area contributed by atoms with Gasteiger partial charge in [0.15, 0.2) is 0 Å². The summed E-state index contributed by atoms with van der Waals surface area (Å²) in [5, 5.41) is 7.35. The van der Waals surface area contributed by atoms with Gasteiger partial charge in [0.25, 0.3) is 5.56 Å². The van der Waals surface area contributed by atoms with Crippen molar-refractivity contribution < 1.29 is 14.0 Å². The minimum Gasteiger partial charge on any atom is -0.369 e. The number of aromatic nitrogens is 2.